The first-order valence-electron chi connectivity index (χ1n) is 7.06. The molecule has 2 aromatic rings. The number of aryl methyl sites for hydroxylation is 1. The molecule has 0 aromatic heterocycles. The summed E-state index contributed by atoms with van der Waals surface area (Å²) >= 11 is 5.73. The topological polar surface area (TPSA) is 80.5 Å². The Labute approximate surface area is 142 Å². The number of nitrogens with zero attached hydrogens (tertiary/aromatic N) is 2. The Kier molecular flexibility index (Phi) is 4.18. The van der Waals surface area contributed by atoms with Gasteiger partial charge < -0.3 is 0 Å². The average molecular weight is 371 g/mol. The molecule has 1 aliphatic heterocycles. The molecular formula is C15H12ClFN2O4S. The molecule has 0 N–H and O–H groups in total. The van der Waals surface area contributed by atoms with E-state index in [0.29, 0.717) is 24.1 Å². The summed E-state index contributed by atoms with van der Waals surface area (Å²) in [6.07, 6.45) is 1.10. The number of nitro benzene ring substituents is 1. The fraction of sp³-hybridized carbons (Fsp3) is 0.200. The maximum Gasteiger partial charge on any atom is 0.289 e. The third-order valence-electron chi connectivity index (χ3n) is 3.82. The molecule has 0 saturated heterocycles. The summed E-state index contributed by atoms with van der Waals surface area (Å²) in [6.45, 7) is 0.220. The standard InChI is InChI=1S/C15H12ClFN2O4S/c16-13-5-4-12(9-15(13)19(20)21)24(22,23)18-7-1-2-10-8-11(17)3-6-14(10)18/h3-6,8-9H,1-2,7H2. The van der Waals surface area contributed by atoms with E-state index in [1.165, 1.54) is 30.3 Å². The summed E-state index contributed by atoms with van der Waals surface area (Å²) in [6, 6.07) is 7.25. The van der Waals surface area contributed by atoms with Crippen molar-refractivity contribution in [3.05, 3.63) is 62.9 Å². The van der Waals surface area contributed by atoms with Gasteiger partial charge in [0.15, 0.2) is 0 Å². The number of nitro groups is 1. The van der Waals surface area contributed by atoms with Crippen molar-refractivity contribution in [2.75, 3.05) is 10.8 Å². The van der Waals surface area contributed by atoms with E-state index < -0.39 is 26.5 Å². The third-order valence-corrected chi connectivity index (χ3v) is 5.95. The van der Waals surface area contributed by atoms with E-state index in [0.717, 1.165) is 10.4 Å². The maximum absolute atomic E-state index is 13.4. The summed E-state index contributed by atoms with van der Waals surface area (Å²) in [7, 11) is -4.01. The monoisotopic (exact) mass is 370 g/mol. The summed E-state index contributed by atoms with van der Waals surface area (Å²) in [5.74, 6) is -0.435. The molecule has 3 rings (SSSR count). The third kappa shape index (κ3) is 2.83. The fourth-order valence-corrected chi connectivity index (χ4v) is 4.45. The van der Waals surface area contributed by atoms with Crippen LogP contribution in [0.2, 0.25) is 5.02 Å². The molecule has 0 fully saturated rings. The number of halogens is 2. The van der Waals surface area contributed by atoms with Crippen LogP contribution in [-0.4, -0.2) is 19.9 Å². The molecule has 6 nitrogen and oxygen atoms in total. The molecule has 0 bridgehead atoms. The Morgan fingerprint density at radius 2 is 1.96 bits per heavy atom. The van der Waals surface area contributed by atoms with Gasteiger partial charge in [-0.2, -0.15) is 0 Å². The maximum atomic E-state index is 13.4. The Bertz CT molecular complexity index is 933. The first kappa shape index (κ1) is 16.7. The van der Waals surface area contributed by atoms with Crippen LogP contribution in [0.1, 0.15) is 12.0 Å². The number of benzene rings is 2. The number of hydrogen-bond donors (Lipinski definition) is 0. The summed E-state index contributed by atoms with van der Waals surface area (Å²) in [5, 5.41) is 10.8. The second kappa shape index (κ2) is 6.03. The molecule has 0 aliphatic carbocycles. The molecular weight excluding hydrogens is 359 g/mol. The Morgan fingerprint density at radius 3 is 2.67 bits per heavy atom. The van der Waals surface area contributed by atoms with Gasteiger partial charge in [0.25, 0.3) is 15.7 Å². The average Bonchev–Trinajstić information content (AvgIpc) is 2.53. The van der Waals surface area contributed by atoms with Crippen molar-refractivity contribution in [1.29, 1.82) is 0 Å². The highest BCUT2D eigenvalue weighted by Crippen LogP contribution is 2.34. The Balaban J connectivity index is 2.10. The fourth-order valence-electron chi connectivity index (χ4n) is 2.70. The van der Waals surface area contributed by atoms with Crippen molar-refractivity contribution in [1.82, 2.24) is 0 Å². The van der Waals surface area contributed by atoms with Crippen LogP contribution in [-0.2, 0) is 16.4 Å². The van der Waals surface area contributed by atoms with Crippen LogP contribution in [0.5, 0.6) is 0 Å². The molecule has 2 aromatic carbocycles. The minimum absolute atomic E-state index is 0.139. The van der Waals surface area contributed by atoms with E-state index in [1.54, 1.807) is 0 Å². The van der Waals surface area contributed by atoms with E-state index in [4.69, 9.17) is 11.6 Å². The van der Waals surface area contributed by atoms with Gasteiger partial charge in [-0.25, -0.2) is 12.8 Å². The minimum Gasteiger partial charge on any atom is -0.266 e. The van der Waals surface area contributed by atoms with Gasteiger partial charge in [0.05, 0.1) is 15.5 Å². The van der Waals surface area contributed by atoms with Crippen molar-refractivity contribution in [3.8, 4) is 0 Å². The van der Waals surface area contributed by atoms with Gasteiger partial charge in [0.1, 0.15) is 10.8 Å². The van der Waals surface area contributed by atoms with Crippen molar-refractivity contribution in [2.45, 2.75) is 17.7 Å². The molecule has 0 amide bonds. The number of hydrogen-bond acceptors (Lipinski definition) is 4. The number of rotatable bonds is 3. The van der Waals surface area contributed by atoms with Crippen LogP contribution in [0, 0.1) is 15.9 Å². The first-order chi connectivity index (χ1) is 11.3. The molecule has 0 unspecified atom stereocenters. The second-order valence-electron chi connectivity index (χ2n) is 5.32. The van der Waals surface area contributed by atoms with Gasteiger partial charge in [-0.05, 0) is 48.7 Å². The zero-order chi connectivity index (χ0) is 17.5. The normalized spacial score (nSPS) is 14.3. The zero-order valence-electron chi connectivity index (χ0n) is 12.3. The van der Waals surface area contributed by atoms with E-state index in [-0.39, 0.29) is 16.5 Å². The van der Waals surface area contributed by atoms with E-state index >= 15 is 0 Å². The second-order valence-corrected chi connectivity index (χ2v) is 7.59. The molecule has 0 atom stereocenters. The largest absolute Gasteiger partial charge is 0.289 e. The lowest BCUT2D eigenvalue weighted by molar-refractivity contribution is -0.384. The van der Waals surface area contributed by atoms with Crippen LogP contribution in [0.25, 0.3) is 0 Å². The van der Waals surface area contributed by atoms with E-state index in [2.05, 4.69) is 0 Å². The van der Waals surface area contributed by atoms with Gasteiger partial charge in [-0.1, -0.05) is 11.6 Å². The number of sulfonamides is 1. The lowest BCUT2D eigenvalue weighted by atomic mass is 10.0. The Hall–Kier alpha value is -2.19. The highest BCUT2D eigenvalue weighted by atomic mass is 35.5. The van der Waals surface area contributed by atoms with Crippen molar-refractivity contribution < 1.29 is 17.7 Å². The molecule has 0 saturated carbocycles. The van der Waals surface area contributed by atoms with Crippen LogP contribution >= 0.6 is 11.6 Å². The highest BCUT2D eigenvalue weighted by molar-refractivity contribution is 7.92. The molecule has 9 heteroatoms. The van der Waals surface area contributed by atoms with Crippen molar-refractivity contribution in [3.63, 3.8) is 0 Å². The van der Waals surface area contributed by atoms with E-state index in [9.17, 15) is 22.9 Å². The van der Waals surface area contributed by atoms with Crippen molar-refractivity contribution in [2.24, 2.45) is 0 Å². The van der Waals surface area contributed by atoms with Gasteiger partial charge in [0.2, 0.25) is 0 Å². The summed E-state index contributed by atoms with van der Waals surface area (Å²) in [5.41, 5.74) is 0.502. The minimum atomic E-state index is -4.01. The molecule has 1 heterocycles. The Morgan fingerprint density at radius 1 is 1.21 bits per heavy atom. The lowest BCUT2D eigenvalue weighted by Crippen LogP contribution is -2.35. The zero-order valence-corrected chi connectivity index (χ0v) is 13.8. The van der Waals surface area contributed by atoms with E-state index in [1.807, 2.05) is 0 Å². The molecule has 1 aliphatic rings. The predicted molar refractivity (Wildman–Crippen MR) is 87.4 cm³/mol. The number of fused-ring (bicyclic) bond motifs is 1. The molecule has 0 radical (unpaired) electrons. The number of anilines is 1. The van der Waals surface area contributed by atoms with Crippen LogP contribution in [0.15, 0.2) is 41.3 Å². The smallest absolute Gasteiger partial charge is 0.266 e. The van der Waals surface area contributed by atoms with Crippen LogP contribution in [0.3, 0.4) is 0 Å². The lowest BCUT2D eigenvalue weighted by Gasteiger charge is -2.30. The van der Waals surface area contributed by atoms with Crippen LogP contribution < -0.4 is 4.31 Å². The molecule has 126 valence electrons. The SMILES string of the molecule is O=[N+]([O-])c1cc(S(=O)(=O)N2CCCc3cc(F)ccc32)ccc1Cl. The highest BCUT2D eigenvalue weighted by Gasteiger charge is 2.31. The molecule has 24 heavy (non-hydrogen) atoms. The first-order valence-corrected chi connectivity index (χ1v) is 8.87. The summed E-state index contributed by atoms with van der Waals surface area (Å²) in [4.78, 5) is 10.0. The predicted octanol–water partition coefficient (Wildman–Crippen LogP) is 3.53. The summed E-state index contributed by atoms with van der Waals surface area (Å²) < 4.78 is 40.3. The van der Waals surface area contributed by atoms with Crippen LogP contribution in [0.4, 0.5) is 15.8 Å². The van der Waals surface area contributed by atoms with Gasteiger partial charge in [-0.15, -0.1) is 0 Å². The van der Waals surface area contributed by atoms with Gasteiger partial charge in [-0.3, -0.25) is 14.4 Å². The van der Waals surface area contributed by atoms with Gasteiger partial charge >= 0.3 is 0 Å². The van der Waals surface area contributed by atoms with Gasteiger partial charge in [0, 0.05) is 12.6 Å². The van der Waals surface area contributed by atoms with Crippen molar-refractivity contribution >= 4 is 33.0 Å². The quantitative estimate of drug-likeness (QED) is 0.611. The molecule has 0 spiro atoms.